The third-order valence-corrected chi connectivity index (χ3v) is 4.49. The standard InChI is InChI=1S/C21H18F2N6O4/c1-29-11-17(18(28-29)20(31)24-10-14-3-2-8-32-14)25-19(30)16-9-15(26-27-16)12-4-6-13(7-5-12)33-21(22)23/h2-9,11,21H,10H2,1H3,(H,24,31)(H,25,30)(H,26,27). The van der Waals surface area contributed by atoms with Gasteiger partial charge in [0.05, 0.1) is 24.2 Å². The Balaban J connectivity index is 1.44. The van der Waals surface area contributed by atoms with Gasteiger partial charge in [-0.25, -0.2) is 0 Å². The minimum absolute atomic E-state index is 0.0108. The predicted octanol–water partition coefficient (Wildman–Crippen LogP) is 3.19. The van der Waals surface area contributed by atoms with Crippen molar-refractivity contribution in [1.82, 2.24) is 25.3 Å². The van der Waals surface area contributed by atoms with Crippen molar-refractivity contribution in [2.24, 2.45) is 7.05 Å². The molecule has 10 nitrogen and oxygen atoms in total. The van der Waals surface area contributed by atoms with Crippen LogP contribution >= 0.6 is 0 Å². The third-order valence-electron chi connectivity index (χ3n) is 4.49. The van der Waals surface area contributed by atoms with Gasteiger partial charge in [-0.3, -0.25) is 19.4 Å². The number of furan rings is 1. The van der Waals surface area contributed by atoms with Crippen molar-refractivity contribution in [3.8, 4) is 17.0 Å². The third kappa shape index (κ3) is 5.23. The number of carbonyl (C=O) groups excluding carboxylic acids is 2. The van der Waals surface area contributed by atoms with E-state index >= 15 is 0 Å². The van der Waals surface area contributed by atoms with Gasteiger partial charge in [0.25, 0.3) is 11.8 Å². The number of aryl methyl sites for hydroxylation is 1. The van der Waals surface area contributed by atoms with E-state index in [9.17, 15) is 18.4 Å². The molecular weight excluding hydrogens is 438 g/mol. The highest BCUT2D eigenvalue weighted by Gasteiger charge is 2.20. The first-order valence-corrected chi connectivity index (χ1v) is 9.65. The Morgan fingerprint density at radius 2 is 2.00 bits per heavy atom. The molecule has 0 aliphatic heterocycles. The first-order valence-electron chi connectivity index (χ1n) is 9.65. The predicted molar refractivity (Wildman–Crippen MR) is 112 cm³/mol. The molecule has 12 heteroatoms. The summed E-state index contributed by atoms with van der Waals surface area (Å²) < 4.78 is 35.5. The molecule has 2 amide bonds. The van der Waals surface area contributed by atoms with E-state index in [2.05, 4.69) is 30.7 Å². The molecule has 0 spiro atoms. The van der Waals surface area contributed by atoms with Crippen LogP contribution in [0.4, 0.5) is 14.5 Å². The van der Waals surface area contributed by atoms with E-state index < -0.39 is 18.4 Å². The number of carbonyl (C=O) groups is 2. The average Bonchev–Trinajstić information content (AvgIpc) is 3.53. The fourth-order valence-electron chi connectivity index (χ4n) is 2.99. The molecule has 0 saturated carbocycles. The molecule has 0 aliphatic carbocycles. The molecule has 3 aromatic heterocycles. The fourth-order valence-corrected chi connectivity index (χ4v) is 2.99. The van der Waals surface area contributed by atoms with Gasteiger partial charge >= 0.3 is 6.61 Å². The Labute approximate surface area is 185 Å². The summed E-state index contributed by atoms with van der Waals surface area (Å²) in [6, 6.07) is 10.7. The zero-order valence-electron chi connectivity index (χ0n) is 17.2. The number of nitrogens with one attached hydrogen (secondary N) is 3. The molecule has 4 aromatic rings. The van der Waals surface area contributed by atoms with Gasteiger partial charge in [0.2, 0.25) is 0 Å². The first kappa shape index (κ1) is 21.7. The van der Waals surface area contributed by atoms with E-state index in [0.717, 1.165) is 0 Å². The number of hydrogen-bond donors (Lipinski definition) is 3. The molecule has 0 radical (unpaired) electrons. The van der Waals surface area contributed by atoms with Gasteiger partial charge in [0, 0.05) is 18.8 Å². The number of nitrogens with zero attached hydrogens (tertiary/aromatic N) is 3. The molecule has 1 aromatic carbocycles. The summed E-state index contributed by atoms with van der Waals surface area (Å²) in [5.74, 6) is -0.446. The summed E-state index contributed by atoms with van der Waals surface area (Å²) >= 11 is 0. The van der Waals surface area contributed by atoms with E-state index in [-0.39, 0.29) is 29.4 Å². The van der Waals surface area contributed by atoms with Crippen LogP contribution < -0.4 is 15.4 Å². The van der Waals surface area contributed by atoms with Crippen LogP contribution in [0.25, 0.3) is 11.3 Å². The molecule has 4 rings (SSSR count). The topological polar surface area (TPSA) is 127 Å². The number of benzene rings is 1. The second-order valence-electron chi connectivity index (χ2n) is 6.85. The van der Waals surface area contributed by atoms with Crippen molar-refractivity contribution in [3.05, 3.63) is 72.1 Å². The summed E-state index contributed by atoms with van der Waals surface area (Å²) in [5, 5.41) is 16.1. The van der Waals surface area contributed by atoms with E-state index in [4.69, 9.17) is 4.42 Å². The molecule has 0 bridgehead atoms. The molecule has 3 heterocycles. The SMILES string of the molecule is Cn1cc(NC(=O)c2cc(-c3ccc(OC(F)F)cc3)n[nH]2)c(C(=O)NCc2ccco2)n1. The van der Waals surface area contributed by atoms with Crippen LogP contribution in [0.5, 0.6) is 5.75 Å². The van der Waals surface area contributed by atoms with Crippen LogP contribution in [0.1, 0.15) is 26.7 Å². The van der Waals surface area contributed by atoms with Crippen LogP contribution in [-0.2, 0) is 13.6 Å². The summed E-state index contributed by atoms with van der Waals surface area (Å²) in [7, 11) is 1.62. The number of ether oxygens (including phenoxy) is 1. The van der Waals surface area contributed by atoms with E-state index in [1.807, 2.05) is 0 Å². The van der Waals surface area contributed by atoms with Crippen LogP contribution in [0.2, 0.25) is 0 Å². The maximum absolute atomic E-state index is 12.7. The highest BCUT2D eigenvalue weighted by atomic mass is 19.3. The zero-order chi connectivity index (χ0) is 23.4. The number of hydrogen-bond acceptors (Lipinski definition) is 6. The van der Waals surface area contributed by atoms with Crippen molar-refractivity contribution in [3.63, 3.8) is 0 Å². The molecular formula is C21H18F2N6O4. The van der Waals surface area contributed by atoms with Crippen molar-refractivity contribution in [2.45, 2.75) is 13.2 Å². The van der Waals surface area contributed by atoms with Crippen molar-refractivity contribution in [1.29, 1.82) is 0 Å². The molecule has 0 saturated heterocycles. The normalized spacial score (nSPS) is 10.9. The van der Waals surface area contributed by atoms with Crippen molar-refractivity contribution >= 4 is 17.5 Å². The lowest BCUT2D eigenvalue weighted by molar-refractivity contribution is -0.0498. The lowest BCUT2D eigenvalue weighted by atomic mass is 10.1. The summed E-state index contributed by atoms with van der Waals surface area (Å²) in [6.45, 7) is -2.75. The Morgan fingerprint density at radius 3 is 2.70 bits per heavy atom. The van der Waals surface area contributed by atoms with E-state index in [0.29, 0.717) is 17.0 Å². The van der Waals surface area contributed by atoms with Gasteiger partial charge in [0.15, 0.2) is 5.69 Å². The number of aromatic nitrogens is 4. The summed E-state index contributed by atoms with van der Waals surface area (Å²) in [4.78, 5) is 25.2. The Morgan fingerprint density at radius 1 is 1.21 bits per heavy atom. The number of H-pyrrole nitrogens is 1. The molecule has 0 fully saturated rings. The van der Waals surface area contributed by atoms with Crippen LogP contribution in [0.3, 0.4) is 0 Å². The Kier molecular flexibility index (Phi) is 6.15. The lowest BCUT2D eigenvalue weighted by Crippen LogP contribution is -2.25. The van der Waals surface area contributed by atoms with Crippen LogP contribution in [-0.4, -0.2) is 38.4 Å². The van der Waals surface area contributed by atoms with Gasteiger partial charge in [0.1, 0.15) is 17.2 Å². The second-order valence-corrected chi connectivity index (χ2v) is 6.85. The van der Waals surface area contributed by atoms with Crippen LogP contribution in [0.15, 0.2) is 59.3 Å². The number of anilines is 1. The minimum atomic E-state index is -2.92. The summed E-state index contributed by atoms with van der Waals surface area (Å²) in [5.41, 5.74) is 1.39. The molecule has 3 N–H and O–H groups in total. The van der Waals surface area contributed by atoms with E-state index in [1.54, 1.807) is 19.2 Å². The number of amides is 2. The fraction of sp³-hybridized carbons (Fsp3) is 0.143. The molecule has 33 heavy (non-hydrogen) atoms. The number of halogens is 2. The minimum Gasteiger partial charge on any atom is -0.467 e. The molecule has 0 atom stereocenters. The maximum Gasteiger partial charge on any atom is 0.387 e. The van der Waals surface area contributed by atoms with E-state index in [1.165, 1.54) is 47.5 Å². The maximum atomic E-state index is 12.7. The number of rotatable bonds is 8. The quantitative estimate of drug-likeness (QED) is 0.374. The molecule has 170 valence electrons. The Bertz CT molecular complexity index is 1250. The largest absolute Gasteiger partial charge is 0.467 e. The lowest BCUT2D eigenvalue weighted by Gasteiger charge is -2.05. The van der Waals surface area contributed by atoms with Gasteiger partial charge in [-0.1, -0.05) is 0 Å². The summed E-state index contributed by atoms with van der Waals surface area (Å²) in [6.07, 6.45) is 3.00. The molecule has 0 aliphatic rings. The van der Waals surface area contributed by atoms with Gasteiger partial charge in [-0.2, -0.15) is 19.0 Å². The van der Waals surface area contributed by atoms with Crippen molar-refractivity contribution < 1.29 is 27.5 Å². The number of aromatic amines is 1. The highest BCUT2D eigenvalue weighted by Crippen LogP contribution is 2.23. The average molecular weight is 456 g/mol. The smallest absolute Gasteiger partial charge is 0.387 e. The monoisotopic (exact) mass is 456 g/mol. The second kappa shape index (κ2) is 9.34. The highest BCUT2D eigenvalue weighted by molar-refractivity contribution is 6.07. The van der Waals surface area contributed by atoms with Gasteiger partial charge in [-0.05, 0) is 42.5 Å². The Hall–Kier alpha value is -4.48. The van der Waals surface area contributed by atoms with Gasteiger partial charge < -0.3 is 19.8 Å². The van der Waals surface area contributed by atoms with Gasteiger partial charge in [-0.15, -0.1) is 0 Å². The number of alkyl halides is 2. The van der Waals surface area contributed by atoms with Crippen molar-refractivity contribution in [2.75, 3.05) is 5.32 Å². The zero-order valence-corrected chi connectivity index (χ0v) is 17.2. The van der Waals surface area contributed by atoms with Crippen LogP contribution in [0, 0.1) is 0 Å². The first-order chi connectivity index (χ1) is 15.9. The molecule has 0 unspecified atom stereocenters.